The van der Waals surface area contributed by atoms with Crippen LogP contribution in [-0.4, -0.2) is 22.3 Å². The number of hydrogen-bond donors (Lipinski definition) is 1. The zero-order valence-electron chi connectivity index (χ0n) is 11.0. The van der Waals surface area contributed by atoms with Crippen LogP contribution >= 0.6 is 34.7 Å². The summed E-state index contributed by atoms with van der Waals surface area (Å²) in [6, 6.07) is 9.28. The molecule has 0 unspecified atom stereocenters. The van der Waals surface area contributed by atoms with E-state index in [1.54, 1.807) is 17.4 Å². The lowest BCUT2D eigenvalue weighted by atomic mass is 10.3. The van der Waals surface area contributed by atoms with Crippen molar-refractivity contribution in [3.63, 3.8) is 0 Å². The Balaban J connectivity index is 1.57. The lowest BCUT2D eigenvalue weighted by Crippen LogP contribution is -2.01. The van der Waals surface area contributed by atoms with Crippen LogP contribution in [0.5, 0.6) is 5.75 Å². The smallest absolute Gasteiger partial charge is 0.191 e. The van der Waals surface area contributed by atoms with Gasteiger partial charge in [0.25, 0.3) is 0 Å². The lowest BCUT2D eigenvalue weighted by Gasteiger charge is -2.06. The largest absolute Gasteiger partial charge is 0.493 e. The molecule has 2 N–H and O–H groups in total. The first kappa shape index (κ1) is 14.4. The molecule has 3 rings (SSSR count). The Kier molecular flexibility index (Phi) is 4.48. The van der Waals surface area contributed by atoms with Gasteiger partial charge in [-0.05, 0) is 29.6 Å². The second-order valence-electron chi connectivity index (χ2n) is 4.19. The molecule has 3 aromatic rings. The average molecular weight is 338 g/mol. The first-order valence-corrected chi connectivity index (χ1v) is 8.48. The minimum Gasteiger partial charge on any atom is -0.493 e. The molecular formula is C14H12ClN3OS2. The fraction of sp³-hybridized carbons (Fsp3) is 0.143. The van der Waals surface area contributed by atoms with Crippen molar-refractivity contribution in [1.29, 1.82) is 0 Å². The number of anilines is 1. The molecule has 4 nitrogen and oxygen atoms in total. The SMILES string of the molecule is Nc1nc(SCCOc2cccc(Cl)c2)nc2sccc12. The molecule has 2 heterocycles. The van der Waals surface area contributed by atoms with Gasteiger partial charge in [0.1, 0.15) is 16.4 Å². The third kappa shape index (κ3) is 3.58. The average Bonchev–Trinajstić information content (AvgIpc) is 2.93. The predicted octanol–water partition coefficient (Wildman–Crippen LogP) is 4.10. The molecule has 0 bridgehead atoms. The molecule has 0 fully saturated rings. The Labute approximate surface area is 135 Å². The first-order valence-electron chi connectivity index (χ1n) is 6.24. The van der Waals surface area contributed by atoms with Gasteiger partial charge in [0.15, 0.2) is 5.16 Å². The number of fused-ring (bicyclic) bond motifs is 1. The predicted molar refractivity (Wildman–Crippen MR) is 89.5 cm³/mol. The van der Waals surface area contributed by atoms with E-state index in [2.05, 4.69) is 9.97 Å². The van der Waals surface area contributed by atoms with Crippen LogP contribution in [0.4, 0.5) is 5.82 Å². The van der Waals surface area contributed by atoms with Gasteiger partial charge < -0.3 is 10.5 Å². The molecule has 0 saturated heterocycles. The molecule has 0 spiro atoms. The number of halogens is 1. The molecule has 0 atom stereocenters. The van der Waals surface area contributed by atoms with Gasteiger partial charge in [-0.3, -0.25) is 0 Å². The zero-order chi connectivity index (χ0) is 14.7. The summed E-state index contributed by atoms with van der Waals surface area (Å²) in [6.45, 7) is 0.552. The number of thiophene rings is 1. The summed E-state index contributed by atoms with van der Waals surface area (Å²) in [6.07, 6.45) is 0. The molecule has 1 aromatic carbocycles. The summed E-state index contributed by atoms with van der Waals surface area (Å²) < 4.78 is 5.62. The van der Waals surface area contributed by atoms with Crippen molar-refractivity contribution in [2.24, 2.45) is 0 Å². The number of nitrogens with zero attached hydrogens (tertiary/aromatic N) is 2. The van der Waals surface area contributed by atoms with Crippen LogP contribution in [-0.2, 0) is 0 Å². The van der Waals surface area contributed by atoms with E-state index in [4.69, 9.17) is 22.1 Å². The van der Waals surface area contributed by atoms with Gasteiger partial charge in [0.05, 0.1) is 12.0 Å². The van der Waals surface area contributed by atoms with Gasteiger partial charge in [-0.25, -0.2) is 9.97 Å². The van der Waals surface area contributed by atoms with Crippen LogP contribution in [0, 0.1) is 0 Å². The zero-order valence-corrected chi connectivity index (χ0v) is 13.3. The molecule has 7 heteroatoms. The Morgan fingerprint density at radius 1 is 1.29 bits per heavy atom. The fourth-order valence-corrected chi connectivity index (χ4v) is 3.45. The lowest BCUT2D eigenvalue weighted by molar-refractivity contribution is 0.344. The quantitative estimate of drug-likeness (QED) is 0.431. The topological polar surface area (TPSA) is 61.0 Å². The first-order chi connectivity index (χ1) is 10.2. The number of nitrogen functional groups attached to an aromatic ring is 1. The van der Waals surface area contributed by atoms with Gasteiger partial charge in [-0.2, -0.15) is 0 Å². The highest BCUT2D eigenvalue weighted by molar-refractivity contribution is 7.99. The van der Waals surface area contributed by atoms with Crippen LogP contribution in [0.15, 0.2) is 40.9 Å². The van der Waals surface area contributed by atoms with E-state index in [0.717, 1.165) is 21.7 Å². The highest BCUT2D eigenvalue weighted by atomic mass is 35.5. The van der Waals surface area contributed by atoms with E-state index in [1.807, 2.05) is 29.6 Å². The molecule has 2 aromatic heterocycles. The molecule has 21 heavy (non-hydrogen) atoms. The number of ether oxygens (including phenoxy) is 1. The molecule has 0 aliphatic heterocycles. The second-order valence-corrected chi connectivity index (χ2v) is 6.58. The van der Waals surface area contributed by atoms with E-state index in [1.165, 1.54) is 11.8 Å². The Morgan fingerprint density at radius 2 is 2.19 bits per heavy atom. The van der Waals surface area contributed by atoms with E-state index in [-0.39, 0.29) is 0 Å². The van der Waals surface area contributed by atoms with Crippen molar-refractivity contribution in [1.82, 2.24) is 9.97 Å². The Morgan fingerprint density at radius 3 is 3.05 bits per heavy atom. The number of thioether (sulfide) groups is 1. The number of rotatable bonds is 5. The number of benzene rings is 1. The Hall–Kier alpha value is -1.50. The molecule has 0 amide bonds. The van der Waals surface area contributed by atoms with Crippen LogP contribution in [0.1, 0.15) is 0 Å². The molecule has 108 valence electrons. The summed E-state index contributed by atoms with van der Waals surface area (Å²) in [5.41, 5.74) is 5.91. The van der Waals surface area contributed by atoms with E-state index in [0.29, 0.717) is 22.6 Å². The summed E-state index contributed by atoms with van der Waals surface area (Å²) in [5.74, 6) is 2.03. The molecular weight excluding hydrogens is 326 g/mol. The van der Waals surface area contributed by atoms with E-state index >= 15 is 0 Å². The third-order valence-corrected chi connectivity index (χ3v) is 4.57. The Bertz CT molecular complexity index is 763. The van der Waals surface area contributed by atoms with Gasteiger partial charge >= 0.3 is 0 Å². The van der Waals surface area contributed by atoms with Crippen molar-refractivity contribution < 1.29 is 4.74 Å². The monoisotopic (exact) mass is 337 g/mol. The second kappa shape index (κ2) is 6.51. The third-order valence-electron chi connectivity index (χ3n) is 2.71. The van der Waals surface area contributed by atoms with Crippen molar-refractivity contribution in [2.75, 3.05) is 18.1 Å². The maximum Gasteiger partial charge on any atom is 0.191 e. The van der Waals surface area contributed by atoms with Crippen LogP contribution in [0.2, 0.25) is 5.02 Å². The molecule has 0 aliphatic rings. The summed E-state index contributed by atoms with van der Waals surface area (Å²) >= 11 is 8.98. The number of hydrogen-bond acceptors (Lipinski definition) is 6. The van der Waals surface area contributed by atoms with Gasteiger partial charge in [0, 0.05) is 10.8 Å². The van der Waals surface area contributed by atoms with E-state index < -0.39 is 0 Å². The van der Waals surface area contributed by atoms with Crippen LogP contribution in [0.3, 0.4) is 0 Å². The van der Waals surface area contributed by atoms with Crippen LogP contribution in [0.25, 0.3) is 10.2 Å². The summed E-state index contributed by atoms with van der Waals surface area (Å²) in [4.78, 5) is 9.68. The minimum absolute atomic E-state index is 0.527. The van der Waals surface area contributed by atoms with Crippen molar-refractivity contribution in [2.45, 2.75) is 5.16 Å². The highest BCUT2D eigenvalue weighted by Crippen LogP contribution is 2.26. The number of nitrogens with two attached hydrogens (primary N) is 1. The van der Waals surface area contributed by atoms with Gasteiger partial charge in [0.2, 0.25) is 0 Å². The van der Waals surface area contributed by atoms with Crippen molar-refractivity contribution in [3.8, 4) is 5.75 Å². The van der Waals surface area contributed by atoms with E-state index in [9.17, 15) is 0 Å². The van der Waals surface area contributed by atoms with Crippen LogP contribution < -0.4 is 10.5 Å². The molecule has 0 saturated carbocycles. The molecule has 0 radical (unpaired) electrons. The summed E-state index contributed by atoms with van der Waals surface area (Å²) in [7, 11) is 0. The van der Waals surface area contributed by atoms with Crippen molar-refractivity contribution >= 4 is 50.7 Å². The van der Waals surface area contributed by atoms with Crippen molar-refractivity contribution in [3.05, 3.63) is 40.7 Å². The number of aromatic nitrogens is 2. The molecule has 0 aliphatic carbocycles. The van der Waals surface area contributed by atoms with Gasteiger partial charge in [-0.15, -0.1) is 11.3 Å². The van der Waals surface area contributed by atoms with Gasteiger partial charge in [-0.1, -0.05) is 29.4 Å². The summed E-state index contributed by atoms with van der Waals surface area (Å²) in [5, 5.41) is 4.22. The highest BCUT2D eigenvalue weighted by Gasteiger charge is 2.06. The normalized spacial score (nSPS) is 10.9. The standard InChI is InChI=1S/C14H12ClN3OS2/c15-9-2-1-3-10(8-9)19-5-7-21-14-17-12(16)11-4-6-20-13(11)18-14/h1-4,6,8H,5,7H2,(H2,16,17,18). The maximum absolute atomic E-state index is 5.91. The fourth-order valence-electron chi connectivity index (χ4n) is 1.77. The maximum atomic E-state index is 5.91. The minimum atomic E-state index is 0.527.